The van der Waals surface area contributed by atoms with E-state index in [-0.39, 0.29) is 0 Å². The predicted octanol–water partition coefficient (Wildman–Crippen LogP) is 4.86. The van der Waals surface area contributed by atoms with Crippen molar-refractivity contribution >= 4 is 11.3 Å². The number of hydrogen-bond acceptors (Lipinski definition) is 2. The third kappa shape index (κ3) is 3.07. The summed E-state index contributed by atoms with van der Waals surface area (Å²) in [7, 11) is 0. The Labute approximate surface area is 119 Å². The zero-order valence-corrected chi connectivity index (χ0v) is 12.4. The van der Waals surface area contributed by atoms with E-state index in [4.69, 9.17) is 0 Å². The number of nitrogens with one attached hydrogen (secondary N) is 1. The summed E-state index contributed by atoms with van der Waals surface area (Å²) in [6.07, 6.45) is 2.73. The molecule has 1 saturated carbocycles. The van der Waals surface area contributed by atoms with Crippen molar-refractivity contribution in [3.05, 3.63) is 57.8 Å². The van der Waals surface area contributed by atoms with Gasteiger partial charge in [-0.2, -0.15) is 0 Å². The molecule has 1 aliphatic rings. The average Bonchev–Trinajstić information content (AvgIpc) is 3.10. The zero-order chi connectivity index (χ0) is 13.2. The van der Waals surface area contributed by atoms with Gasteiger partial charge in [-0.25, -0.2) is 0 Å². The molecule has 1 N–H and O–H groups in total. The first-order valence-electron chi connectivity index (χ1n) is 7.10. The highest BCUT2D eigenvalue weighted by Crippen LogP contribution is 2.42. The van der Waals surface area contributed by atoms with Crippen molar-refractivity contribution in [3.8, 4) is 0 Å². The van der Waals surface area contributed by atoms with Crippen molar-refractivity contribution in [2.75, 3.05) is 0 Å². The summed E-state index contributed by atoms with van der Waals surface area (Å²) in [5.41, 5.74) is 2.78. The number of hydrogen-bond donors (Lipinski definition) is 1. The standard InChI is InChI=1S/C17H21NS/c1-12-5-7-14(8-6-12)17(15-9-10-15)18-13(2)16-4-3-11-19-16/h3-8,11,13,15,17-18H,9-10H2,1-2H3. The number of aryl methyl sites for hydroxylation is 1. The van der Waals surface area contributed by atoms with Crippen molar-refractivity contribution < 1.29 is 0 Å². The van der Waals surface area contributed by atoms with Crippen molar-refractivity contribution in [2.24, 2.45) is 5.92 Å². The quantitative estimate of drug-likeness (QED) is 0.819. The topological polar surface area (TPSA) is 12.0 Å². The van der Waals surface area contributed by atoms with Crippen LogP contribution in [-0.2, 0) is 0 Å². The predicted molar refractivity (Wildman–Crippen MR) is 82.5 cm³/mol. The van der Waals surface area contributed by atoms with Crippen molar-refractivity contribution in [3.63, 3.8) is 0 Å². The van der Waals surface area contributed by atoms with Crippen LogP contribution in [0.15, 0.2) is 41.8 Å². The normalized spacial score (nSPS) is 18.2. The Bertz CT molecular complexity index is 511. The third-order valence-electron chi connectivity index (χ3n) is 3.93. The third-order valence-corrected chi connectivity index (χ3v) is 4.98. The van der Waals surface area contributed by atoms with Crippen molar-refractivity contribution in [1.82, 2.24) is 5.32 Å². The van der Waals surface area contributed by atoms with Crippen LogP contribution >= 0.6 is 11.3 Å². The first-order chi connectivity index (χ1) is 9.24. The number of thiophene rings is 1. The molecule has 2 heteroatoms. The summed E-state index contributed by atoms with van der Waals surface area (Å²) < 4.78 is 0. The second kappa shape index (κ2) is 5.48. The molecule has 2 aromatic rings. The van der Waals surface area contributed by atoms with Crippen LogP contribution in [-0.4, -0.2) is 0 Å². The van der Waals surface area contributed by atoms with Gasteiger partial charge < -0.3 is 5.32 Å². The SMILES string of the molecule is Cc1ccc(C(NC(C)c2cccs2)C2CC2)cc1. The Kier molecular flexibility index (Phi) is 3.72. The van der Waals surface area contributed by atoms with Gasteiger partial charge in [0.15, 0.2) is 0 Å². The van der Waals surface area contributed by atoms with Crippen LogP contribution in [0.2, 0.25) is 0 Å². The number of benzene rings is 1. The van der Waals surface area contributed by atoms with E-state index in [1.54, 1.807) is 0 Å². The van der Waals surface area contributed by atoms with Crippen molar-refractivity contribution in [2.45, 2.75) is 38.8 Å². The van der Waals surface area contributed by atoms with Gasteiger partial charge in [-0.15, -0.1) is 11.3 Å². The van der Waals surface area contributed by atoms with Gasteiger partial charge in [0.2, 0.25) is 0 Å². The molecule has 100 valence electrons. The van der Waals surface area contributed by atoms with Crippen LogP contribution in [0.1, 0.15) is 47.9 Å². The van der Waals surface area contributed by atoms with E-state index in [0.717, 1.165) is 5.92 Å². The summed E-state index contributed by atoms with van der Waals surface area (Å²) in [6.45, 7) is 4.42. The van der Waals surface area contributed by atoms with Gasteiger partial charge in [0.05, 0.1) is 0 Å². The second-order valence-corrected chi connectivity index (χ2v) is 6.61. The van der Waals surface area contributed by atoms with Gasteiger partial charge in [-0.05, 0) is 49.6 Å². The second-order valence-electron chi connectivity index (χ2n) is 5.63. The smallest absolute Gasteiger partial charge is 0.0391 e. The fraction of sp³-hybridized carbons (Fsp3) is 0.412. The van der Waals surface area contributed by atoms with E-state index in [2.05, 4.69) is 60.9 Å². The fourth-order valence-corrected chi connectivity index (χ4v) is 3.34. The molecule has 1 aliphatic carbocycles. The van der Waals surface area contributed by atoms with E-state index >= 15 is 0 Å². The Hall–Kier alpha value is -1.12. The highest BCUT2D eigenvalue weighted by molar-refractivity contribution is 7.10. The molecule has 0 bridgehead atoms. The zero-order valence-electron chi connectivity index (χ0n) is 11.6. The molecule has 2 unspecified atom stereocenters. The monoisotopic (exact) mass is 271 g/mol. The Morgan fingerprint density at radius 1 is 1.16 bits per heavy atom. The maximum Gasteiger partial charge on any atom is 0.0391 e. The Morgan fingerprint density at radius 3 is 2.47 bits per heavy atom. The summed E-state index contributed by atoms with van der Waals surface area (Å²) >= 11 is 1.84. The largest absolute Gasteiger partial charge is 0.302 e. The molecule has 0 radical (unpaired) electrons. The van der Waals surface area contributed by atoms with Crippen LogP contribution in [0.3, 0.4) is 0 Å². The summed E-state index contributed by atoms with van der Waals surface area (Å²) in [4.78, 5) is 1.43. The van der Waals surface area contributed by atoms with E-state index in [1.807, 2.05) is 11.3 Å². The summed E-state index contributed by atoms with van der Waals surface area (Å²) in [5.74, 6) is 0.824. The van der Waals surface area contributed by atoms with Crippen LogP contribution in [0.25, 0.3) is 0 Å². The molecule has 0 saturated heterocycles. The number of rotatable bonds is 5. The minimum absolute atomic E-state index is 0.437. The molecule has 1 aromatic carbocycles. The van der Waals surface area contributed by atoms with Gasteiger partial charge in [-0.3, -0.25) is 0 Å². The molecule has 0 spiro atoms. The van der Waals surface area contributed by atoms with E-state index in [9.17, 15) is 0 Å². The van der Waals surface area contributed by atoms with Gasteiger partial charge in [0.1, 0.15) is 0 Å². The first kappa shape index (κ1) is 12.9. The molecule has 0 amide bonds. The molecule has 19 heavy (non-hydrogen) atoms. The molecule has 1 heterocycles. The van der Waals surface area contributed by atoms with Gasteiger partial charge in [-0.1, -0.05) is 35.9 Å². The molecule has 1 fully saturated rings. The van der Waals surface area contributed by atoms with Gasteiger partial charge >= 0.3 is 0 Å². The molecule has 2 atom stereocenters. The average molecular weight is 271 g/mol. The van der Waals surface area contributed by atoms with Gasteiger partial charge in [0.25, 0.3) is 0 Å². The molecule has 1 nitrogen and oxygen atoms in total. The minimum atomic E-state index is 0.437. The lowest BCUT2D eigenvalue weighted by molar-refractivity contribution is 0.431. The maximum absolute atomic E-state index is 3.83. The molecule has 0 aliphatic heterocycles. The highest BCUT2D eigenvalue weighted by atomic mass is 32.1. The maximum atomic E-state index is 3.83. The van der Waals surface area contributed by atoms with E-state index < -0.39 is 0 Å². The van der Waals surface area contributed by atoms with Crippen molar-refractivity contribution in [1.29, 1.82) is 0 Å². The Morgan fingerprint density at radius 2 is 1.89 bits per heavy atom. The van der Waals surface area contributed by atoms with Crippen LogP contribution < -0.4 is 5.32 Å². The fourth-order valence-electron chi connectivity index (χ4n) is 2.60. The minimum Gasteiger partial charge on any atom is -0.302 e. The molecule has 3 rings (SSSR count). The molecular weight excluding hydrogens is 250 g/mol. The Balaban J connectivity index is 1.76. The molecule has 1 aromatic heterocycles. The van der Waals surface area contributed by atoms with Crippen LogP contribution in [0.4, 0.5) is 0 Å². The van der Waals surface area contributed by atoms with E-state index in [1.165, 1.54) is 28.8 Å². The first-order valence-corrected chi connectivity index (χ1v) is 7.98. The highest BCUT2D eigenvalue weighted by Gasteiger charge is 2.33. The molecular formula is C17H21NS. The van der Waals surface area contributed by atoms with Crippen LogP contribution in [0.5, 0.6) is 0 Å². The lowest BCUT2D eigenvalue weighted by Crippen LogP contribution is -2.25. The lowest BCUT2D eigenvalue weighted by atomic mass is 10.00. The summed E-state index contributed by atoms with van der Waals surface area (Å²) in [5, 5.41) is 5.99. The van der Waals surface area contributed by atoms with Gasteiger partial charge in [0, 0.05) is 17.0 Å². The summed E-state index contributed by atoms with van der Waals surface area (Å²) in [6, 6.07) is 14.3. The van der Waals surface area contributed by atoms with Crippen LogP contribution in [0, 0.1) is 12.8 Å². The lowest BCUT2D eigenvalue weighted by Gasteiger charge is -2.23. The van der Waals surface area contributed by atoms with E-state index in [0.29, 0.717) is 12.1 Å².